The number of nitrogens with zero attached hydrogens (tertiary/aromatic N) is 2. The summed E-state index contributed by atoms with van der Waals surface area (Å²) in [6, 6.07) is 5.98. The topological polar surface area (TPSA) is 80.3 Å². The van der Waals surface area contributed by atoms with Crippen LogP contribution in [-0.4, -0.2) is 21.4 Å². The van der Waals surface area contributed by atoms with Crippen LogP contribution in [0.3, 0.4) is 0 Å². The predicted molar refractivity (Wildman–Crippen MR) is 91.5 cm³/mol. The molecule has 0 aliphatic carbocycles. The quantitative estimate of drug-likeness (QED) is 0.710. The number of hydrogen-bond donors (Lipinski definition) is 2. The smallest absolute Gasteiger partial charge is 0.292 e. The van der Waals surface area contributed by atoms with Crippen molar-refractivity contribution >= 4 is 17.3 Å². The largest absolute Gasteiger partial charge is 0.466 e. The molecule has 9 heteroatoms. The molecular formula is C17H14ClF2N3O3. The van der Waals surface area contributed by atoms with Gasteiger partial charge in [-0.05, 0) is 31.2 Å². The third-order valence-electron chi connectivity index (χ3n) is 3.73. The van der Waals surface area contributed by atoms with E-state index in [0.29, 0.717) is 11.8 Å². The summed E-state index contributed by atoms with van der Waals surface area (Å²) < 4.78 is 32.8. The van der Waals surface area contributed by atoms with E-state index in [9.17, 15) is 18.7 Å². The van der Waals surface area contributed by atoms with Gasteiger partial charge in [-0.15, -0.1) is 0 Å². The molecule has 3 aromatic rings. The van der Waals surface area contributed by atoms with E-state index in [0.717, 1.165) is 16.8 Å². The summed E-state index contributed by atoms with van der Waals surface area (Å²) in [6.07, 6.45) is 2.64. The van der Waals surface area contributed by atoms with Crippen molar-refractivity contribution in [3.8, 4) is 5.69 Å². The SMILES string of the molecule is CC(O)(CNc1cnn(-c2ccc(F)cc2F)c(=O)c1Cl)c1ccco1. The lowest BCUT2D eigenvalue weighted by molar-refractivity contribution is 0.0476. The van der Waals surface area contributed by atoms with Gasteiger partial charge in [0, 0.05) is 6.07 Å². The average molecular weight is 382 g/mol. The minimum absolute atomic E-state index is 0.0176. The standard InChI is InChI=1S/C17H14ClF2N3O3/c1-17(25,14-3-2-6-26-14)9-21-12-8-22-23(16(24)15(12)18)13-5-4-10(19)7-11(13)20/h2-8,21,25H,9H2,1H3. The zero-order valence-electron chi connectivity index (χ0n) is 13.5. The molecule has 0 aliphatic heterocycles. The number of halogens is 3. The van der Waals surface area contributed by atoms with Crippen LogP contribution in [0.25, 0.3) is 5.69 Å². The van der Waals surface area contributed by atoms with Crippen LogP contribution in [0.15, 0.2) is 52.0 Å². The molecule has 26 heavy (non-hydrogen) atoms. The average Bonchev–Trinajstić information content (AvgIpc) is 3.13. The maximum absolute atomic E-state index is 13.9. The van der Waals surface area contributed by atoms with E-state index in [1.54, 1.807) is 12.1 Å². The molecular weight excluding hydrogens is 368 g/mol. The number of benzene rings is 1. The fourth-order valence-electron chi connectivity index (χ4n) is 2.32. The van der Waals surface area contributed by atoms with Gasteiger partial charge < -0.3 is 14.8 Å². The van der Waals surface area contributed by atoms with E-state index < -0.39 is 22.8 Å². The summed E-state index contributed by atoms with van der Waals surface area (Å²) in [4.78, 5) is 12.4. The second kappa shape index (κ2) is 6.89. The Kier molecular flexibility index (Phi) is 4.80. The Morgan fingerprint density at radius 1 is 1.38 bits per heavy atom. The van der Waals surface area contributed by atoms with Gasteiger partial charge in [-0.1, -0.05) is 11.6 Å². The molecule has 2 heterocycles. The van der Waals surface area contributed by atoms with Gasteiger partial charge in [0.25, 0.3) is 5.56 Å². The number of nitrogens with one attached hydrogen (secondary N) is 1. The van der Waals surface area contributed by atoms with Crippen molar-refractivity contribution in [3.63, 3.8) is 0 Å². The highest BCUT2D eigenvalue weighted by Crippen LogP contribution is 2.24. The van der Waals surface area contributed by atoms with Crippen molar-refractivity contribution in [1.82, 2.24) is 9.78 Å². The number of anilines is 1. The van der Waals surface area contributed by atoms with Crippen molar-refractivity contribution in [1.29, 1.82) is 0 Å². The summed E-state index contributed by atoms with van der Waals surface area (Å²) in [7, 11) is 0. The van der Waals surface area contributed by atoms with E-state index >= 15 is 0 Å². The molecule has 0 aliphatic rings. The Balaban J connectivity index is 1.87. The highest BCUT2D eigenvalue weighted by atomic mass is 35.5. The molecule has 0 amide bonds. The van der Waals surface area contributed by atoms with Gasteiger partial charge in [0.05, 0.1) is 24.7 Å². The molecule has 0 radical (unpaired) electrons. The molecule has 0 saturated heterocycles. The molecule has 0 fully saturated rings. The summed E-state index contributed by atoms with van der Waals surface area (Å²) >= 11 is 6.05. The Bertz CT molecular complexity index is 987. The maximum atomic E-state index is 13.9. The Morgan fingerprint density at radius 2 is 2.15 bits per heavy atom. The van der Waals surface area contributed by atoms with E-state index in [1.165, 1.54) is 19.4 Å². The molecule has 2 aromatic heterocycles. The lowest BCUT2D eigenvalue weighted by atomic mass is 10.0. The van der Waals surface area contributed by atoms with Crippen LogP contribution < -0.4 is 10.9 Å². The second-order valence-corrected chi connectivity index (χ2v) is 6.17. The number of hydrogen-bond acceptors (Lipinski definition) is 5. The molecule has 1 atom stereocenters. The Labute approximate surface area is 151 Å². The first kappa shape index (κ1) is 18.1. The molecule has 2 N–H and O–H groups in total. The summed E-state index contributed by atoms with van der Waals surface area (Å²) in [5.41, 5.74) is -2.22. The van der Waals surface area contributed by atoms with Gasteiger partial charge in [-0.25, -0.2) is 8.78 Å². The summed E-state index contributed by atoms with van der Waals surface area (Å²) in [5, 5.41) is 16.8. The minimum atomic E-state index is -1.36. The minimum Gasteiger partial charge on any atom is -0.466 e. The third-order valence-corrected chi connectivity index (χ3v) is 4.10. The maximum Gasteiger partial charge on any atom is 0.292 e. The van der Waals surface area contributed by atoms with Crippen LogP contribution in [0.4, 0.5) is 14.5 Å². The van der Waals surface area contributed by atoms with Crippen molar-refractivity contribution < 1.29 is 18.3 Å². The van der Waals surface area contributed by atoms with Crippen LogP contribution in [0.2, 0.25) is 5.02 Å². The van der Waals surface area contributed by atoms with Crippen molar-refractivity contribution in [2.24, 2.45) is 0 Å². The molecule has 0 saturated carbocycles. The lowest BCUT2D eigenvalue weighted by Crippen LogP contribution is -2.31. The van der Waals surface area contributed by atoms with Crippen molar-refractivity contribution in [3.05, 3.63) is 75.6 Å². The van der Waals surface area contributed by atoms with Crippen LogP contribution in [0.5, 0.6) is 0 Å². The first-order valence-corrected chi connectivity index (χ1v) is 7.91. The second-order valence-electron chi connectivity index (χ2n) is 5.79. The van der Waals surface area contributed by atoms with Crippen LogP contribution in [0.1, 0.15) is 12.7 Å². The summed E-state index contributed by atoms with van der Waals surface area (Å²) in [5.74, 6) is -1.39. The van der Waals surface area contributed by atoms with Gasteiger partial charge in [0.1, 0.15) is 27.9 Å². The molecule has 0 bridgehead atoms. The van der Waals surface area contributed by atoms with Crippen LogP contribution in [-0.2, 0) is 5.60 Å². The normalized spacial score (nSPS) is 13.4. The molecule has 1 aromatic carbocycles. The predicted octanol–water partition coefficient (Wildman–Crippen LogP) is 3.08. The van der Waals surface area contributed by atoms with Crippen molar-refractivity contribution in [2.75, 3.05) is 11.9 Å². The molecule has 1 unspecified atom stereocenters. The van der Waals surface area contributed by atoms with Crippen LogP contribution in [0, 0.1) is 11.6 Å². The van der Waals surface area contributed by atoms with Gasteiger partial charge in [-0.3, -0.25) is 4.79 Å². The number of furan rings is 1. The van der Waals surface area contributed by atoms with Gasteiger partial charge in [0.2, 0.25) is 0 Å². The first-order chi connectivity index (χ1) is 12.3. The zero-order valence-corrected chi connectivity index (χ0v) is 14.3. The Hall–Kier alpha value is -2.71. The van der Waals surface area contributed by atoms with Gasteiger partial charge in [0.15, 0.2) is 5.82 Å². The number of aliphatic hydroxyl groups is 1. The number of aromatic nitrogens is 2. The zero-order chi connectivity index (χ0) is 18.9. The van der Waals surface area contributed by atoms with Gasteiger partial charge in [-0.2, -0.15) is 9.78 Å². The van der Waals surface area contributed by atoms with E-state index in [2.05, 4.69) is 10.4 Å². The molecule has 0 spiro atoms. The fourth-order valence-corrected chi connectivity index (χ4v) is 2.52. The molecule has 136 valence electrons. The van der Waals surface area contributed by atoms with E-state index in [4.69, 9.17) is 16.0 Å². The summed E-state index contributed by atoms with van der Waals surface area (Å²) in [6.45, 7) is 1.51. The highest BCUT2D eigenvalue weighted by molar-refractivity contribution is 6.32. The highest BCUT2D eigenvalue weighted by Gasteiger charge is 2.26. The third kappa shape index (κ3) is 3.47. The molecule has 3 rings (SSSR count). The molecule has 6 nitrogen and oxygen atoms in total. The monoisotopic (exact) mass is 381 g/mol. The Morgan fingerprint density at radius 3 is 2.81 bits per heavy atom. The van der Waals surface area contributed by atoms with Crippen LogP contribution >= 0.6 is 11.6 Å². The van der Waals surface area contributed by atoms with E-state index in [1.807, 2.05) is 0 Å². The van der Waals surface area contributed by atoms with E-state index in [-0.39, 0.29) is 22.9 Å². The first-order valence-electron chi connectivity index (χ1n) is 7.53. The van der Waals surface area contributed by atoms with Gasteiger partial charge >= 0.3 is 0 Å². The fraction of sp³-hybridized carbons (Fsp3) is 0.176. The number of rotatable bonds is 5. The lowest BCUT2D eigenvalue weighted by Gasteiger charge is -2.22. The van der Waals surface area contributed by atoms with Crippen molar-refractivity contribution in [2.45, 2.75) is 12.5 Å².